The Kier molecular flexibility index (Phi) is 4.60. The van der Waals surface area contributed by atoms with Gasteiger partial charge in [-0.15, -0.1) is 0 Å². The molecule has 106 valence electrons. The first-order valence-corrected chi connectivity index (χ1v) is 7.96. The van der Waals surface area contributed by atoms with E-state index >= 15 is 0 Å². The molecular weight excluding hydrogens is 254 g/mol. The number of nitrogens with two attached hydrogens (primary N) is 1. The Morgan fingerprint density at radius 3 is 2.50 bits per heavy atom. The first-order valence-electron chi connectivity index (χ1n) is 6.56. The van der Waals surface area contributed by atoms with E-state index < -0.39 is 10.2 Å². The Morgan fingerprint density at radius 1 is 1.33 bits per heavy atom. The molecule has 6 nitrogen and oxygen atoms in total. The predicted octanol–water partition coefficient (Wildman–Crippen LogP) is -0.377. The normalized spacial score (nSPS) is 28.1. The molecule has 0 aromatic rings. The first kappa shape index (κ1) is 14.2. The van der Waals surface area contributed by atoms with Gasteiger partial charge in [0.15, 0.2) is 0 Å². The number of hydrogen-bond acceptors (Lipinski definition) is 4. The Bertz CT molecular complexity index is 360. The van der Waals surface area contributed by atoms with Gasteiger partial charge in [0.05, 0.1) is 12.6 Å². The van der Waals surface area contributed by atoms with Gasteiger partial charge in [-0.3, -0.25) is 0 Å². The number of nitrogens with zero attached hydrogens (tertiary/aromatic N) is 2. The fraction of sp³-hybridized carbons (Fsp3) is 1.00. The van der Waals surface area contributed by atoms with E-state index in [1.54, 1.807) is 11.4 Å². The average molecular weight is 277 g/mol. The molecule has 1 atom stereocenters. The van der Waals surface area contributed by atoms with Crippen molar-refractivity contribution in [3.8, 4) is 0 Å². The average Bonchev–Trinajstić information content (AvgIpc) is 2.91. The molecule has 2 rings (SSSR count). The van der Waals surface area contributed by atoms with Gasteiger partial charge in [0.25, 0.3) is 10.2 Å². The maximum absolute atomic E-state index is 12.4. The van der Waals surface area contributed by atoms with Crippen molar-refractivity contribution in [2.24, 2.45) is 11.7 Å². The van der Waals surface area contributed by atoms with E-state index in [9.17, 15) is 8.42 Å². The van der Waals surface area contributed by atoms with Crippen LogP contribution in [0.15, 0.2) is 0 Å². The highest BCUT2D eigenvalue weighted by Gasteiger charge is 2.35. The van der Waals surface area contributed by atoms with Crippen molar-refractivity contribution in [1.82, 2.24) is 8.61 Å². The van der Waals surface area contributed by atoms with Gasteiger partial charge in [-0.2, -0.15) is 17.0 Å². The van der Waals surface area contributed by atoms with Crippen molar-refractivity contribution in [1.29, 1.82) is 0 Å². The summed E-state index contributed by atoms with van der Waals surface area (Å²) in [6.07, 6.45) is 2.52. The lowest BCUT2D eigenvalue weighted by molar-refractivity contribution is 0.177. The monoisotopic (exact) mass is 277 g/mol. The standard InChI is InChI=1S/C11H23N3O3S/c1-13(11-4-7-17-9-11)18(15,16)14-5-2-10(8-12)3-6-14/h10-11H,2-9,12H2,1H3. The zero-order chi connectivity index (χ0) is 13.2. The van der Waals surface area contributed by atoms with E-state index in [1.807, 2.05) is 0 Å². The molecule has 0 amide bonds. The van der Waals surface area contributed by atoms with Crippen molar-refractivity contribution in [2.75, 3.05) is 39.9 Å². The molecule has 7 heteroatoms. The molecule has 0 aliphatic carbocycles. The minimum atomic E-state index is -3.33. The fourth-order valence-electron chi connectivity index (χ4n) is 2.56. The van der Waals surface area contributed by atoms with Crippen LogP contribution in [-0.4, -0.2) is 63.0 Å². The smallest absolute Gasteiger partial charge is 0.282 e. The van der Waals surface area contributed by atoms with Crippen molar-refractivity contribution < 1.29 is 13.2 Å². The minimum Gasteiger partial charge on any atom is -0.380 e. The minimum absolute atomic E-state index is 0.0118. The fourth-order valence-corrected chi connectivity index (χ4v) is 4.13. The second-order valence-corrected chi connectivity index (χ2v) is 7.11. The highest BCUT2D eigenvalue weighted by atomic mass is 32.2. The highest BCUT2D eigenvalue weighted by Crippen LogP contribution is 2.22. The van der Waals surface area contributed by atoms with Crippen LogP contribution < -0.4 is 5.73 Å². The van der Waals surface area contributed by atoms with E-state index in [-0.39, 0.29) is 6.04 Å². The SMILES string of the molecule is CN(C1CCOC1)S(=O)(=O)N1CCC(CN)CC1. The summed E-state index contributed by atoms with van der Waals surface area (Å²) in [4.78, 5) is 0. The summed E-state index contributed by atoms with van der Waals surface area (Å²) in [5.41, 5.74) is 5.62. The van der Waals surface area contributed by atoms with Gasteiger partial charge in [-0.05, 0) is 31.7 Å². The number of rotatable bonds is 4. The molecule has 2 aliphatic rings. The molecule has 0 spiro atoms. The van der Waals surface area contributed by atoms with Gasteiger partial charge in [0.1, 0.15) is 0 Å². The lowest BCUT2D eigenvalue weighted by Gasteiger charge is -2.34. The van der Waals surface area contributed by atoms with Crippen molar-refractivity contribution in [3.63, 3.8) is 0 Å². The molecule has 1 unspecified atom stereocenters. The third-order valence-electron chi connectivity index (χ3n) is 4.02. The lowest BCUT2D eigenvalue weighted by Crippen LogP contribution is -2.49. The zero-order valence-corrected chi connectivity index (χ0v) is 11.7. The molecule has 2 heterocycles. The van der Waals surface area contributed by atoms with Gasteiger partial charge in [-0.25, -0.2) is 0 Å². The molecule has 2 fully saturated rings. The van der Waals surface area contributed by atoms with Crippen LogP contribution in [-0.2, 0) is 14.9 Å². The highest BCUT2D eigenvalue weighted by molar-refractivity contribution is 7.86. The molecule has 2 aliphatic heterocycles. The topological polar surface area (TPSA) is 75.9 Å². The lowest BCUT2D eigenvalue weighted by atomic mass is 9.99. The summed E-state index contributed by atoms with van der Waals surface area (Å²) in [6.45, 7) is 2.99. The van der Waals surface area contributed by atoms with E-state index in [0.717, 1.165) is 19.3 Å². The quantitative estimate of drug-likeness (QED) is 0.760. The zero-order valence-electron chi connectivity index (χ0n) is 10.9. The summed E-state index contributed by atoms with van der Waals surface area (Å²) in [5.74, 6) is 0.469. The summed E-state index contributed by atoms with van der Waals surface area (Å²) in [6, 6.07) is -0.0118. The summed E-state index contributed by atoms with van der Waals surface area (Å²) in [7, 11) is -1.67. The van der Waals surface area contributed by atoms with Gasteiger partial charge in [0, 0.05) is 26.7 Å². The second kappa shape index (κ2) is 5.83. The maximum atomic E-state index is 12.4. The van der Waals surface area contributed by atoms with Gasteiger partial charge in [-0.1, -0.05) is 0 Å². The van der Waals surface area contributed by atoms with Crippen molar-refractivity contribution >= 4 is 10.2 Å². The Morgan fingerprint density at radius 2 is 2.00 bits per heavy atom. The van der Waals surface area contributed by atoms with E-state index in [0.29, 0.717) is 38.8 Å². The Hall–Kier alpha value is -0.210. The van der Waals surface area contributed by atoms with Crippen molar-refractivity contribution in [3.05, 3.63) is 0 Å². The summed E-state index contributed by atoms with van der Waals surface area (Å²) >= 11 is 0. The van der Waals surface area contributed by atoms with E-state index in [1.165, 1.54) is 4.31 Å². The molecule has 0 radical (unpaired) electrons. The number of piperidine rings is 1. The molecule has 18 heavy (non-hydrogen) atoms. The largest absolute Gasteiger partial charge is 0.380 e. The second-order valence-electron chi connectivity index (χ2n) is 5.12. The molecule has 0 bridgehead atoms. The van der Waals surface area contributed by atoms with Crippen LogP contribution in [0.2, 0.25) is 0 Å². The van der Waals surface area contributed by atoms with E-state index in [2.05, 4.69) is 0 Å². The van der Waals surface area contributed by atoms with Crippen molar-refractivity contribution in [2.45, 2.75) is 25.3 Å². The van der Waals surface area contributed by atoms with Gasteiger partial charge < -0.3 is 10.5 Å². The van der Waals surface area contributed by atoms with Crippen LogP contribution in [0.25, 0.3) is 0 Å². The Labute approximate surface area is 109 Å². The predicted molar refractivity (Wildman–Crippen MR) is 69.3 cm³/mol. The van der Waals surface area contributed by atoms with Crippen LogP contribution in [0, 0.1) is 5.92 Å². The molecule has 0 aromatic carbocycles. The van der Waals surface area contributed by atoms with Gasteiger partial charge >= 0.3 is 0 Å². The van der Waals surface area contributed by atoms with Crippen LogP contribution >= 0.6 is 0 Å². The molecule has 2 N–H and O–H groups in total. The third-order valence-corrected chi connectivity index (χ3v) is 6.06. The van der Waals surface area contributed by atoms with E-state index in [4.69, 9.17) is 10.5 Å². The number of hydrogen-bond donors (Lipinski definition) is 1. The summed E-state index contributed by atoms with van der Waals surface area (Å²) < 4.78 is 33.2. The first-order chi connectivity index (χ1) is 8.55. The molecular formula is C11H23N3O3S. The summed E-state index contributed by atoms with van der Waals surface area (Å²) in [5, 5.41) is 0. The molecule has 0 aromatic heterocycles. The number of ether oxygens (including phenoxy) is 1. The van der Waals surface area contributed by atoms with Crippen LogP contribution in [0.5, 0.6) is 0 Å². The molecule has 2 saturated heterocycles. The third kappa shape index (κ3) is 2.85. The number of likely N-dealkylation sites (N-methyl/N-ethyl adjacent to an activating group) is 1. The van der Waals surface area contributed by atoms with Crippen LogP contribution in [0.1, 0.15) is 19.3 Å². The maximum Gasteiger partial charge on any atom is 0.282 e. The molecule has 0 saturated carbocycles. The van der Waals surface area contributed by atoms with Crippen LogP contribution in [0.4, 0.5) is 0 Å². The Balaban J connectivity index is 1.98. The van der Waals surface area contributed by atoms with Crippen LogP contribution in [0.3, 0.4) is 0 Å². The van der Waals surface area contributed by atoms with Gasteiger partial charge in [0.2, 0.25) is 0 Å².